The van der Waals surface area contributed by atoms with E-state index in [0.717, 1.165) is 43.3 Å². The Morgan fingerprint density at radius 3 is 2.16 bits per heavy atom. The first-order valence-corrected chi connectivity index (χ1v) is 22.9. The van der Waals surface area contributed by atoms with Gasteiger partial charge in [0, 0.05) is 0 Å². The Morgan fingerprint density at radius 1 is 0.911 bits per heavy atom. The molecule has 0 aliphatic carbocycles. The first kappa shape index (κ1) is 47.7. The molecule has 4 atom stereocenters. The van der Waals surface area contributed by atoms with E-state index in [0.29, 0.717) is 30.0 Å². The quantitative estimate of drug-likeness (QED) is 0.0498. The molecule has 0 spiro atoms. The number of nitrogen functional groups attached to an aromatic ring is 1. The van der Waals surface area contributed by atoms with E-state index < -0.39 is 14.4 Å². The highest BCUT2D eigenvalue weighted by Crippen LogP contribution is 2.38. The van der Waals surface area contributed by atoms with Crippen molar-refractivity contribution in [2.75, 3.05) is 25.6 Å². The van der Waals surface area contributed by atoms with Gasteiger partial charge in [-0.05, 0) is 61.6 Å². The molecule has 0 amide bonds. The van der Waals surface area contributed by atoms with Gasteiger partial charge in [0.2, 0.25) is 0 Å². The fourth-order valence-electron chi connectivity index (χ4n) is 7.28. The molecular formula is C44H71FN5O5P. The van der Waals surface area contributed by atoms with Crippen LogP contribution < -0.4 is 5.73 Å². The Labute approximate surface area is 338 Å². The van der Waals surface area contributed by atoms with Crippen LogP contribution in [0.2, 0.25) is 0 Å². The summed E-state index contributed by atoms with van der Waals surface area (Å²) in [5.74, 6) is -0.00860. The van der Waals surface area contributed by atoms with Crippen LogP contribution in [0.15, 0.2) is 36.7 Å². The third kappa shape index (κ3) is 18.7. The molecule has 1 aliphatic rings. The van der Waals surface area contributed by atoms with Crippen LogP contribution in [0.3, 0.4) is 0 Å². The number of ether oxygens (including phenoxy) is 2. The van der Waals surface area contributed by atoms with Crippen LogP contribution in [-0.2, 0) is 24.9 Å². The highest BCUT2D eigenvalue weighted by Gasteiger charge is 2.30. The van der Waals surface area contributed by atoms with Crippen LogP contribution in [0.4, 0.5) is 10.2 Å². The van der Waals surface area contributed by atoms with E-state index in [1.54, 1.807) is 10.6 Å². The maximum atomic E-state index is 14.0. The van der Waals surface area contributed by atoms with E-state index in [9.17, 15) is 14.5 Å². The van der Waals surface area contributed by atoms with E-state index in [1.807, 2.05) is 32.0 Å². The van der Waals surface area contributed by atoms with Crippen molar-refractivity contribution in [3.8, 4) is 6.07 Å². The molecule has 3 N–H and O–H groups in total. The minimum atomic E-state index is -2.12. The molecule has 1 aromatic carbocycles. The van der Waals surface area contributed by atoms with Crippen molar-refractivity contribution in [1.29, 1.82) is 5.26 Å². The Morgan fingerprint density at radius 2 is 1.54 bits per heavy atom. The van der Waals surface area contributed by atoms with Gasteiger partial charge in [-0.25, -0.2) is 13.9 Å². The van der Waals surface area contributed by atoms with E-state index in [-0.39, 0.29) is 31.5 Å². The number of nitrogens with zero attached hydrogens (tertiary/aromatic N) is 4. The number of rotatable bonds is 30. The number of benzene rings is 1. The Balaban J connectivity index is 0.00000414. The predicted octanol–water partition coefficient (Wildman–Crippen LogP) is 11.9. The zero-order valence-electron chi connectivity index (χ0n) is 34.6. The second-order valence-electron chi connectivity index (χ2n) is 14.9. The van der Waals surface area contributed by atoms with Crippen LogP contribution in [0.5, 0.6) is 0 Å². The van der Waals surface area contributed by atoms with Gasteiger partial charge in [-0.1, -0.05) is 136 Å². The van der Waals surface area contributed by atoms with E-state index >= 15 is 0 Å². The fourth-order valence-corrected chi connectivity index (χ4v) is 7.95. The van der Waals surface area contributed by atoms with Gasteiger partial charge in [-0.15, -0.1) is 0 Å². The van der Waals surface area contributed by atoms with Gasteiger partial charge in [0.15, 0.2) is 5.82 Å². The molecule has 0 saturated carbocycles. The number of nitriles is 1. The van der Waals surface area contributed by atoms with Crippen LogP contribution in [-0.4, -0.2) is 51.5 Å². The molecule has 10 nitrogen and oxygen atoms in total. The molecule has 0 radical (unpaired) electrons. The Kier molecular flexibility index (Phi) is 25.1. The second-order valence-corrected chi connectivity index (χ2v) is 15.8. The molecule has 4 unspecified atom stereocenters. The maximum Gasteiger partial charge on any atom is 0.330 e. The molecule has 1 aliphatic heterocycles. The SMILES string of the molecule is CC.CCCCCCCCCCCCCCCCCCCCC(COP(O)OCC1CCC(c2ccc3c(N)ncnn23)O1)OCCc1cc(F)cc(C#N)c1. The number of anilines is 1. The summed E-state index contributed by atoms with van der Waals surface area (Å²) in [6.07, 6.45) is 27.6. The first-order chi connectivity index (χ1) is 27.5. The largest absolute Gasteiger partial charge is 0.382 e. The highest BCUT2D eigenvalue weighted by molar-refractivity contribution is 7.40. The molecule has 1 saturated heterocycles. The molecule has 4 rings (SSSR count). The molecule has 2 aromatic heterocycles. The predicted molar refractivity (Wildman–Crippen MR) is 225 cm³/mol. The highest BCUT2D eigenvalue weighted by atomic mass is 31.2. The lowest BCUT2D eigenvalue weighted by Crippen LogP contribution is -2.21. The normalized spacial score (nSPS) is 16.4. The van der Waals surface area contributed by atoms with Gasteiger partial charge in [0.1, 0.15) is 23.8 Å². The van der Waals surface area contributed by atoms with Crippen LogP contribution >= 0.6 is 8.60 Å². The zero-order valence-corrected chi connectivity index (χ0v) is 35.5. The Bertz CT molecular complexity index is 1510. The van der Waals surface area contributed by atoms with Gasteiger partial charge in [0.25, 0.3) is 0 Å². The second kappa shape index (κ2) is 29.5. The summed E-state index contributed by atoms with van der Waals surface area (Å²) < 4.78 is 39.6. The summed E-state index contributed by atoms with van der Waals surface area (Å²) in [4.78, 5) is 14.6. The average Bonchev–Trinajstić information content (AvgIpc) is 3.87. The van der Waals surface area contributed by atoms with Gasteiger partial charge >= 0.3 is 8.60 Å². The van der Waals surface area contributed by atoms with Crippen molar-refractivity contribution >= 4 is 19.9 Å². The van der Waals surface area contributed by atoms with Crippen molar-refractivity contribution in [3.63, 3.8) is 0 Å². The van der Waals surface area contributed by atoms with Crippen molar-refractivity contribution < 1.29 is 27.8 Å². The molecule has 56 heavy (non-hydrogen) atoms. The average molecular weight is 800 g/mol. The number of nitrogens with two attached hydrogens (primary N) is 1. The van der Waals surface area contributed by atoms with Crippen LogP contribution in [0, 0.1) is 17.1 Å². The third-order valence-corrected chi connectivity index (χ3v) is 11.1. The van der Waals surface area contributed by atoms with Gasteiger partial charge < -0.3 is 29.1 Å². The van der Waals surface area contributed by atoms with Gasteiger partial charge in [0.05, 0.1) is 49.4 Å². The molecule has 314 valence electrons. The smallest absolute Gasteiger partial charge is 0.330 e. The summed E-state index contributed by atoms with van der Waals surface area (Å²) in [5.41, 5.74) is 8.64. The molecular weight excluding hydrogens is 728 g/mol. The lowest BCUT2D eigenvalue weighted by molar-refractivity contribution is -0.00323. The molecule has 1 fully saturated rings. The molecule has 12 heteroatoms. The van der Waals surface area contributed by atoms with E-state index in [1.165, 1.54) is 121 Å². The summed E-state index contributed by atoms with van der Waals surface area (Å²) in [5, 5.41) is 13.5. The summed E-state index contributed by atoms with van der Waals surface area (Å²) in [7, 11) is -2.12. The topological polar surface area (TPSA) is 137 Å². The molecule has 0 bridgehead atoms. The van der Waals surface area contributed by atoms with Crippen molar-refractivity contribution in [2.24, 2.45) is 0 Å². The monoisotopic (exact) mass is 800 g/mol. The van der Waals surface area contributed by atoms with Crippen LogP contribution in [0.1, 0.15) is 179 Å². The van der Waals surface area contributed by atoms with Crippen LogP contribution in [0.25, 0.3) is 5.52 Å². The Hall–Kier alpha value is -2.71. The third-order valence-electron chi connectivity index (χ3n) is 10.4. The molecule has 3 heterocycles. The number of hydrogen-bond acceptors (Lipinski definition) is 9. The standard InChI is InChI=1S/C42H65FN5O5P.C2H6/c1-2-3-4-5-6-7-8-9-10-11-12-13-14-15-16-17-18-19-20-37(50-26-25-34-27-35(30-44)29-36(43)28-34)31-51-54(49)52-32-38-21-24-41(53-38)39-22-23-40-42(45)46-33-47-48(39)40;1-2/h22-23,27-29,33,37-38,41,49H,2-21,24-26,31-32H2,1H3,(H2,45,46,47);1-2H3. The lowest BCUT2D eigenvalue weighted by atomic mass is 10.0. The van der Waals surface area contributed by atoms with Crippen molar-refractivity contribution in [1.82, 2.24) is 14.6 Å². The van der Waals surface area contributed by atoms with E-state index in [2.05, 4.69) is 17.0 Å². The number of fused-ring (bicyclic) bond motifs is 1. The lowest BCUT2D eigenvalue weighted by Gasteiger charge is -2.20. The molecule has 3 aromatic rings. The summed E-state index contributed by atoms with van der Waals surface area (Å²) >= 11 is 0. The maximum absolute atomic E-state index is 14.0. The number of unbranched alkanes of at least 4 members (excludes halogenated alkanes) is 17. The van der Waals surface area contributed by atoms with Crippen molar-refractivity contribution in [3.05, 3.63) is 59.3 Å². The van der Waals surface area contributed by atoms with Gasteiger partial charge in [-0.3, -0.25) is 0 Å². The zero-order chi connectivity index (χ0) is 40.2. The van der Waals surface area contributed by atoms with E-state index in [4.69, 9.17) is 24.3 Å². The van der Waals surface area contributed by atoms with Crippen molar-refractivity contribution in [2.45, 2.75) is 180 Å². The number of aromatic nitrogens is 3. The number of hydrogen-bond donors (Lipinski definition) is 2. The minimum Gasteiger partial charge on any atom is -0.382 e. The fraction of sp³-hybridized carbons (Fsp3) is 0.705. The minimum absolute atomic E-state index is 0.157. The summed E-state index contributed by atoms with van der Waals surface area (Å²) in [6.45, 7) is 7.04. The number of halogens is 1. The van der Waals surface area contributed by atoms with Gasteiger partial charge in [-0.2, -0.15) is 10.4 Å². The first-order valence-electron chi connectivity index (χ1n) is 21.8. The summed E-state index contributed by atoms with van der Waals surface area (Å²) in [6, 6.07) is 10.2.